The molecule has 1 N–H and O–H groups in total. The average Bonchev–Trinajstić information content (AvgIpc) is 2.53. The van der Waals surface area contributed by atoms with E-state index in [0.717, 1.165) is 24.5 Å². The van der Waals surface area contributed by atoms with Gasteiger partial charge in [-0.15, -0.1) is 0 Å². The van der Waals surface area contributed by atoms with Crippen molar-refractivity contribution in [3.8, 4) is 0 Å². The molecule has 1 aliphatic heterocycles. The van der Waals surface area contributed by atoms with Gasteiger partial charge in [0.05, 0.1) is 5.69 Å². The zero-order chi connectivity index (χ0) is 8.39. The fourth-order valence-corrected chi connectivity index (χ4v) is 1.79. The lowest BCUT2D eigenvalue weighted by molar-refractivity contribution is 0.383. The van der Waals surface area contributed by atoms with Gasteiger partial charge in [-0.1, -0.05) is 0 Å². The van der Waals surface area contributed by atoms with Crippen LogP contribution in [0.25, 0.3) is 0 Å². The largest absolute Gasteiger partial charge is 0.448 e. The predicted octanol–water partition coefficient (Wildman–Crippen LogP) is 1.45. The maximum atomic E-state index is 5.36. The Labute approximate surface area is 72.2 Å². The maximum absolute atomic E-state index is 5.36. The van der Waals surface area contributed by atoms with Crippen LogP contribution in [0.4, 0.5) is 0 Å². The van der Waals surface area contributed by atoms with Crippen molar-refractivity contribution in [1.29, 1.82) is 0 Å². The molecule has 12 heavy (non-hydrogen) atoms. The Hall–Kier alpha value is -0.830. The van der Waals surface area contributed by atoms with Crippen LogP contribution >= 0.6 is 0 Å². The van der Waals surface area contributed by atoms with Gasteiger partial charge in [-0.25, -0.2) is 4.98 Å². The first-order valence-corrected chi connectivity index (χ1v) is 4.48. The van der Waals surface area contributed by atoms with Crippen LogP contribution in [-0.2, 0) is 0 Å². The summed E-state index contributed by atoms with van der Waals surface area (Å²) in [5.41, 5.74) is 1.06. The smallest absolute Gasteiger partial charge is 0.181 e. The summed E-state index contributed by atoms with van der Waals surface area (Å²) < 4.78 is 5.36. The summed E-state index contributed by atoms with van der Waals surface area (Å²) >= 11 is 0. The highest BCUT2D eigenvalue weighted by Crippen LogP contribution is 2.26. The van der Waals surface area contributed by atoms with Gasteiger partial charge in [0.25, 0.3) is 0 Å². The number of nitrogens with zero attached hydrogens (tertiary/aromatic N) is 1. The Bertz CT molecular complexity index is 251. The molecule has 1 saturated heterocycles. The third-order valence-corrected chi connectivity index (χ3v) is 2.49. The van der Waals surface area contributed by atoms with Crippen LogP contribution in [0.15, 0.2) is 10.8 Å². The van der Waals surface area contributed by atoms with Gasteiger partial charge in [0.1, 0.15) is 5.76 Å². The first-order valence-electron chi connectivity index (χ1n) is 4.48. The number of aromatic nitrogens is 1. The summed E-state index contributed by atoms with van der Waals surface area (Å²) in [7, 11) is 0. The van der Waals surface area contributed by atoms with Crippen molar-refractivity contribution in [3.05, 3.63) is 17.8 Å². The standard InChI is InChI=1S/C9H14N2O/c1-7-9(12-6-11-7)8-2-4-10-5-3-8/h6,8,10H,2-5H2,1H3. The van der Waals surface area contributed by atoms with Crippen LogP contribution in [0.5, 0.6) is 0 Å². The zero-order valence-electron chi connectivity index (χ0n) is 7.34. The minimum atomic E-state index is 0.591. The van der Waals surface area contributed by atoms with Crippen LogP contribution < -0.4 is 5.32 Å². The second kappa shape index (κ2) is 3.27. The van der Waals surface area contributed by atoms with E-state index in [1.807, 2.05) is 6.92 Å². The first-order chi connectivity index (χ1) is 5.88. The summed E-state index contributed by atoms with van der Waals surface area (Å²) in [5.74, 6) is 1.69. The molecular weight excluding hydrogens is 152 g/mol. The fourth-order valence-electron chi connectivity index (χ4n) is 1.79. The van der Waals surface area contributed by atoms with E-state index in [-0.39, 0.29) is 0 Å². The van der Waals surface area contributed by atoms with Crippen LogP contribution in [0.1, 0.15) is 30.2 Å². The molecule has 0 aromatic carbocycles. The van der Waals surface area contributed by atoms with Crippen molar-refractivity contribution in [3.63, 3.8) is 0 Å². The van der Waals surface area contributed by atoms with Crippen molar-refractivity contribution < 1.29 is 4.42 Å². The molecule has 2 heterocycles. The van der Waals surface area contributed by atoms with E-state index in [9.17, 15) is 0 Å². The highest BCUT2D eigenvalue weighted by Gasteiger charge is 2.19. The van der Waals surface area contributed by atoms with E-state index in [1.165, 1.54) is 12.8 Å². The quantitative estimate of drug-likeness (QED) is 0.686. The topological polar surface area (TPSA) is 38.1 Å². The summed E-state index contributed by atoms with van der Waals surface area (Å²) in [5, 5.41) is 3.33. The van der Waals surface area contributed by atoms with Crippen LogP contribution in [0.2, 0.25) is 0 Å². The molecule has 3 nitrogen and oxygen atoms in total. The molecule has 3 heteroatoms. The van der Waals surface area contributed by atoms with Crippen LogP contribution in [-0.4, -0.2) is 18.1 Å². The molecule has 66 valence electrons. The molecule has 0 aliphatic carbocycles. The number of aryl methyl sites for hydroxylation is 1. The Balaban J connectivity index is 2.13. The van der Waals surface area contributed by atoms with Gasteiger partial charge >= 0.3 is 0 Å². The van der Waals surface area contributed by atoms with Gasteiger partial charge in [-0.3, -0.25) is 0 Å². The molecule has 0 radical (unpaired) electrons. The molecule has 0 atom stereocenters. The van der Waals surface area contributed by atoms with E-state index in [4.69, 9.17) is 4.42 Å². The molecular formula is C9H14N2O. The van der Waals surface area contributed by atoms with Crippen LogP contribution in [0.3, 0.4) is 0 Å². The summed E-state index contributed by atoms with van der Waals surface area (Å²) in [6, 6.07) is 0. The fraction of sp³-hybridized carbons (Fsp3) is 0.667. The summed E-state index contributed by atoms with van der Waals surface area (Å²) in [4.78, 5) is 4.10. The molecule has 1 aromatic heterocycles. The summed E-state index contributed by atoms with van der Waals surface area (Å²) in [6.07, 6.45) is 3.90. The first kappa shape index (κ1) is 7.80. The molecule has 0 spiro atoms. The van der Waals surface area contributed by atoms with Gasteiger partial charge in [0.2, 0.25) is 0 Å². The summed E-state index contributed by atoms with van der Waals surface area (Å²) in [6.45, 7) is 4.22. The molecule has 0 unspecified atom stereocenters. The van der Waals surface area contributed by atoms with Gasteiger partial charge in [0.15, 0.2) is 6.39 Å². The second-order valence-corrected chi connectivity index (χ2v) is 3.33. The number of hydrogen-bond acceptors (Lipinski definition) is 3. The molecule has 0 saturated carbocycles. The third kappa shape index (κ3) is 1.37. The van der Waals surface area contributed by atoms with Crippen molar-refractivity contribution in [2.45, 2.75) is 25.7 Å². The van der Waals surface area contributed by atoms with Gasteiger partial charge < -0.3 is 9.73 Å². The van der Waals surface area contributed by atoms with Crippen molar-refractivity contribution in [1.82, 2.24) is 10.3 Å². The SMILES string of the molecule is Cc1ncoc1C1CCNCC1. The number of hydrogen-bond donors (Lipinski definition) is 1. The molecule has 1 aromatic rings. The molecule has 1 fully saturated rings. The van der Waals surface area contributed by atoms with Crippen molar-refractivity contribution >= 4 is 0 Å². The van der Waals surface area contributed by atoms with Crippen LogP contribution in [0, 0.1) is 6.92 Å². The Morgan fingerprint density at radius 1 is 1.50 bits per heavy atom. The van der Waals surface area contributed by atoms with E-state index in [2.05, 4.69) is 10.3 Å². The predicted molar refractivity (Wildman–Crippen MR) is 46.1 cm³/mol. The Morgan fingerprint density at radius 2 is 2.25 bits per heavy atom. The second-order valence-electron chi connectivity index (χ2n) is 3.33. The minimum Gasteiger partial charge on any atom is -0.448 e. The Kier molecular flexibility index (Phi) is 2.13. The molecule has 1 aliphatic rings. The van der Waals surface area contributed by atoms with E-state index >= 15 is 0 Å². The molecule has 0 amide bonds. The lowest BCUT2D eigenvalue weighted by Crippen LogP contribution is -2.26. The van der Waals surface area contributed by atoms with Crippen molar-refractivity contribution in [2.75, 3.05) is 13.1 Å². The average molecular weight is 166 g/mol. The molecule has 0 bridgehead atoms. The lowest BCUT2D eigenvalue weighted by atomic mass is 9.94. The van der Waals surface area contributed by atoms with Gasteiger partial charge in [-0.05, 0) is 32.9 Å². The van der Waals surface area contributed by atoms with Gasteiger partial charge in [0, 0.05) is 5.92 Å². The van der Waals surface area contributed by atoms with E-state index in [0.29, 0.717) is 5.92 Å². The number of rotatable bonds is 1. The maximum Gasteiger partial charge on any atom is 0.181 e. The highest BCUT2D eigenvalue weighted by atomic mass is 16.3. The van der Waals surface area contributed by atoms with Gasteiger partial charge in [-0.2, -0.15) is 0 Å². The Morgan fingerprint density at radius 3 is 2.83 bits per heavy atom. The van der Waals surface area contributed by atoms with E-state index in [1.54, 1.807) is 6.39 Å². The zero-order valence-corrected chi connectivity index (χ0v) is 7.34. The minimum absolute atomic E-state index is 0.591. The third-order valence-electron chi connectivity index (χ3n) is 2.49. The van der Waals surface area contributed by atoms with E-state index < -0.39 is 0 Å². The number of oxazole rings is 1. The lowest BCUT2D eigenvalue weighted by Gasteiger charge is -2.20. The monoisotopic (exact) mass is 166 g/mol. The normalized spacial score (nSPS) is 19.8. The molecule has 2 rings (SSSR count). The highest BCUT2D eigenvalue weighted by molar-refractivity contribution is 5.11. The number of nitrogens with one attached hydrogen (secondary N) is 1. The van der Waals surface area contributed by atoms with Crippen molar-refractivity contribution in [2.24, 2.45) is 0 Å². The number of piperidine rings is 1.